The first-order chi connectivity index (χ1) is 10.1. The summed E-state index contributed by atoms with van der Waals surface area (Å²) in [7, 11) is 0. The topological polar surface area (TPSA) is 12.0 Å². The molecule has 112 valence electrons. The van der Waals surface area contributed by atoms with E-state index < -0.39 is 6.43 Å². The van der Waals surface area contributed by atoms with Gasteiger partial charge in [0.15, 0.2) is 0 Å². The number of rotatable bonds is 6. The largest absolute Gasteiger partial charge is 0.312 e. The van der Waals surface area contributed by atoms with Gasteiger partial charge in [-0.25, -0.2) is 13.2 Å². The summed E-state index contributed by atoms with van der Waals surface area (Å²) < 4.78 is 37.8. The van der Waals surface area contributed by atoms with Crippen molar-refractivity contribution in [3.63, 3.8) is 0 Å². The Balaban J connectivity index is 1.79. The fraction of sp³-hybridized carbons (Fsp3) is 0.294. The molecule has 0 atom stereocenters. The Labute approximate surface area is 122 Å². The summed E-state index contributed by atoms with van der Waals surface area (Å²) in [5, 5.41) is 3.26. The summed E-state index contributed by atoms with van der Waals surface area (Å²) >= 11 is 0. The first-order valence-electron chi connectivity index (χ1n) is 6.89. The molecule has 2 rings (SSSR count). The summed E-state index contributed by atoms with van der Waals surface area (Å²) in [5.74, 6) is -0.219. The van der Waals surface area contributed by atoms with Gasteiger partial charge in [0.2, 0.25) is 0 Å². The Morgan fingerprint density at radius 3 is 2.38 bits per heavy atom. The quantitative estimate of drug-likeness (QED) is 0.778. The van der Waals surface area contributed by atoms with Crippen LogP contribution in [-0.4, -0.2) is 6.54 Å². The minimum Gasteiger partial charge on any atom is -0.312 e. The van der Waals surface area contributed by atoms with Gasteiger partial charge in [-0.2, -0.15) is 0 Å². The molecule has 0 aliphatic carbocycles. The number of hydrogen-bond acceptors (Lipinski definition) is 1. The third-order valence-corrected chi connectivity index (χ3v) is 3.44. The number of hydrogen-bond donors (Lipinski definition) is 1. The molecular formula is C17H18F3N. The molecule has 4 heteroatoms. The van der Waals surface area contributed by atoms with E-state index in [-0.39, 0.29) is 11.4 Å². The predicted molar refractivity (Wildman–Crippen MR) is 77.9 cm³/mol. The van der Waals surface area contributed by atoms with Gasteiger partial charge < -0.3 is 5.32 Å². The average molecular weight is 293 g/mol. The Morgan fingerprint density at radius 1 is 1.05 bits per heavy atom. The maximum atomic E-state index is 13.0. The smallest absolute Gasteiger partial charge is 0.263 e. The molecule has 0 bridgehead atoms. The van der Waals surface area contributed by atoms with E-state index >= 15 is 0 Å². The van der Waals surface area contributed by atoms with Crippen LogP contribution in [0, 0.1) is 12.7 Å². The highest BCUT2D eigenvalue weighted by molar-refractivity contribution is 5.27. The molecule has 0 saturated heterocycles. The molecule has 1 N–H and O–H groups in total. The van der Waals surface area contributed by atoms with E-state index in [4.69, 9.17) is 0 Å². The van der Waals surface area contributed by atoms with Crippen molar-refractivity contribution in [2.45, 2.75) is 26.3 Å². The predicted octanol–water partition coefficient (Wildman–Crippen LogP) is 4.40. The van der Waals surface area contributed by atoms with Crippen LogP contribution in [0.4, 0.5) is 13.2 Å². The van der Waals surface area contributed by atoms with Crippen LogP contribution in [0.2, 0.25) is 0 Å². The van der Waals surface area contributed by atoms with Crippen LogP contribution in [-0.2, 0) is 13.0 Å². The van der Waals surface area contributed by atoms with Crippen LogP contribution in [0.3, 0.4) is 0 Å². The third kappa shape index (κ3) is 4.60. The van der Waals surface area contributed by atoms with E-state index in [1.807, 2.05) is 6.92 Å². The maximum absolute atomic E-state index is 13.0. The van der Waals surface area contributed by atoms with Gasteiger partial charge in [0.25, 0.3) is 6.43 Å². The third-order valence-electron chi connectivity index (χ3n) is 3.44. The van der Waals surface area contributed by atoms with Gasteiger partial charge >= 0.3 is 0 Å². The summed E-state index contributed by atoms with van der Waals surface area (Å²) in [4.78, 5) is 0. The Morgan fingerprint density at radius 2 is 1.76 bits per heavy atom. The second kappa shape index (κ2) is 7.27. The van der Waals surface area contributed by atoms with Crippen molar-refractivity contribution in [1.29, 1.82) is 0 Å². The summed E-state index contributed by atoms with van der Waals surface area (Å²) in [5.41, 5.74) is 3.06. The molecule has 0 unspecified atom stereocenters. The van der Waals surface area contributed by atoms with Gasteiger partial charge in [-0.05, 0) is 48.7 Å². The monoisotopic (exact) mass is 293 g/mol. The number of alkyl halides is 2. The second-order valence-corrected chi connectivity index (χ2v) is 5.04. The van der Waals surface area contributed by atoms with Gasteiger partial charge in [0.05, 0.1) is 0 Å². The Hall–Kier alpha value is -1.81. The van der Waals surface area contributed by atoms with Crippen molar-refractivity contribution in [1.82, 2.24) is 5.32 Å². The molecule has 0 fully saturated rings. The van der Waals surface area contributed by atoms with Crippen molar-refractivity contribution in [3.05, 3.63) is 70.5 Å². The molecule has 0 radical (unpaired) electrons. The molecule has 0 heterocycles. The van der Waals surface area contributed by atoms with Gasteiger partial charge in [0.1, 0.15) is 5.82 Å². The SMILES string of the molecule is Cc1cc(F)ccc1CCNCc1ccc(C(F)F)cc1. The van der Waals surface area contributed by atoms with Gasteiger partial charge in [-0.1, -0.05) is 30.3 Å². The van der Waals surface area contributed by atoms with Crippen molar-refractivity contribution in [3.8, 4) is 0 Å². The molecule has 0 saturated carbocycles. The van der Waals surface area contributed by atoms with Gasteiger partial charge in [0, 0.05) is 12.1 Å². The number of nitrogens with one attached hydrogen (secondary N) is 1. The second-order valence-electron chi connectivity index (χ2n) is 5.04. The number of aryl methyl sites for hydroxylation is 1. The Bertz CT molecular complexity index is 579. The lowest BCUT2D eigenvalue weighted by Gasteiger charge is -2.08. The van der Waals surface area contributed by atoms with Crippen LogP contribution in [0.25, 0.3) is 0 Å². The van der Waals surface area contributed by atoms with Crippen LogP contribution in [0.1, 0.15) is 28.7 Å². The minimum atomic E-state index is -2.42. The molecule has 1 nitrogen and oxygen atoms in total. The van der Waals surface area contributed by atoms with E-state index in [0.29, 0.717) is 6.54 Å². The molecule has 21 heavy (non-hydrogen) atoms. The zero-order chi connectivity index (χ0) is 15.2. The van der Waals surface area contributed by atoms with E-state index in [1.54, 1.807) is 18.2 Å². The average Bonchev–Trinajstić information content (AvgIpc) is 2.46. The molecule has 0 aliphatic heterocycles. The van der Waals surface area contributed by atoms with Crippen LogP contribution >= 0.6 is 0 Å². The minimum absolute atomic E-state index is 0.0423. The zero-order valence-corrected chi connectivity index (χ0v) is 11.9. The first kappa shape index (κ1) is 15.6. The molecular weight excluding hydrogens is 275 g/mol. The van der Waals surface area contributed by atoms with E-state index in [0.717, 1.165) is 29.7 Å². The summed E-state index contributed by atoms with van der Waals surface area (Å²) in [6.45, 7) is 3.27. The molecule has 2 aromatic rings. The van der Waals surface area contributed by atoms with Crippen molar-refractivity contribution in [2.24, 2.45) is 0 Å². The highest BCUT2D eigenvalue weighted by Crippen LogP contribution is 2.18. The lowest BCUT2D eigenvalue weighted by atomic mass is 10.1. The Kier molecular flexibility index (Phi) is 5.39. The van der Waals surface area contributed by atoms with E-state index in [1.165, 1.54) is 24.3 Å². The normalized spacial score (nSPS) is 11.1. The van der Waals surface area contributed by atoms with E-state index in [9.17, 15) is 13.2 Å². The standard InChI is InChI=1S/C17H18F3N/c1-12-10-16(18)7-6-14(12)8-9-21-11-13-2-4-15(5-3-13)17(19)20/h2-7,10,17,21H,8-9,11H2,1H3. The lowest BCUT2D eigenvalue weighted by molar-refractivity contribution is 0.151. The summed E-state index contributed by atoms with van der Waals surface area (Å²) in [6.07, 6.45) is -1.62. The summed E-state index contributed by atoms with van der Waals surface area (Å²) in [6, 6.07) is 11.1. The van der Waals surface area contributed by atoms with Crippen LogP contribution < -0.4 is 5.32 Å². The van der Waals surface area contributed by atoms with Gasteiger partial charge in [-0.15, -0.1) is 0 Å². The number of halogens is 3. The fourth-order valence-electron chi connectivity index (χ4n) is 2.18. The number of benzene rings is 2. The lowest BCUT2D eigenvalue weighted by Crippen LogP contribution is -2.17. The van der Waals surface area contributed by atoms with Crippen molar-refractivity contribution >= 4 is 0 Å². The zero-order valence-electron chi connectivity index (χ0n) is 11.9. The molecule has 2 aromatic carbocycles. The maximum Gasteiger partial charge on any atom is 0.263 e. The molecule has 0 aliphatic rings. The molecule has 0 aromatic heterocycles. The van der Waals surface area contributed by atoms with Crippen LogP contribution in [0.15, 0.2) is 42.5 Å². The fourth-order valence-corrected chi connectivity index (χ4v) is 2.18. The van der Waals surface area contributed by atoms with Crippen LogP contribution in [0.5, 0.6) is 0 Å². The van der Waals surface area contributed by atoms with Gasteiger partial charge in [-0.3, -0.25) is 0 Å². The molecule has 0 spiro atoms. The van der Waals surface area contributed by atoms with Crippen molar-refractivity contribution < 1.29 is 13.2 Å². The van der Waals surface area contributed by atoms with E-state index in [2.05, 4.69) is 5.32 Å². The molecule has 0 amide bonds. The van der Waals surface area contributed by atoms with Crippen molar-refractivity contribution in [2.75, 3.05) is 6.54 Å². The highest BCUT2D eigenvalue weighted by Gasteiger charge is 2.05. The first-order valence-corrected chi connectivity index (χ1v) is 6.89. The highest BCUT2D eigenvalue weighted by atomic mass is 19.3.